The van der Waals surface area contributed by atoms with E-state index < -0.39 is 0 Å². The molecule has 7 nitrogen and oxygen atoms in total. The summed E-state index contributed by atoms with van der Waals surface area (Å²) in [5.74, 6) is 2.78. The Morgan fingerprint density at radius 1 is 1.22 bits per heavy atom. The number of nitrogens with zero attached hydrogens (tertiary/aromatic N) is 5. The Morgan fingerprint density at radius 2 is 2.07 bits per heavy atom. The van der Waals surface area contributed by atoms with Crippen molar-refractivity contribution in [1.29, 1.82) is 0 Å². The molecule has 2 aliphatic rings. The normalized spacial score (nSPS) is 21.4. The molecule has 2 saturated heterocycles. The fraction of sp³-hybridized carbons (Fsp3) is 0.579. The molecule has 146 valence electrons. The van der Waals surface area contributed by atoms with Crippen LogP contribution in [0, 0.1) is 0 Å². The van der Waals surface area contributed by atoms with Crippen molar-refractivity contribution in [2.24, 2.45) is 0 Å². The maximum atomic E-state index is 5.67. The molecule has 1 atom stereocenters. The minimum absolute atomic E-state index is 0.400. The summed E-state index contributed by atoms with van der Waals surface area (Å²) in [5, 5.41) is 0. The zero-order valence-electron chi connectivity index (χ0n) is 15.7. The van der Waals surface area contributed by atoms with Crippen LogP contribution < -0.4 is 9.80 Å². The number of hydrogen-bond donors (Lipinski definition) is 0. The van der Waals surface area contributed by atoms with Gasteiger partial charge in [0.1, 0.15) is 11.6 Å². The average molecular weight is 436 g/mol. The fourth-order valence-electron chi connectivity index (χ4n) is 3.79. The molecule has 0 saturated carbocycles. The van der Waals surface area contributed by atoms with E-state index in [1.54, 1.807) is 0 Å². The SMILES string of the molecule is CN(c1nccc(N2CCOCC2)n1)C1CCCN(Cc2ccc(Br)o2)C1. The van der Waals surface area contributed by atoms with Gasteiger partial charge in [0.05, 0.1) is 19.8 Å². The number of likely N-dealkylation sites (N-methyl/N-ethyl adjacent to an activating group) is 1. The zero-order valence-corrected chi connectivity index (χ0v) is 17.3. The molecular formula is C19H26BrN5O2. The number of halogens is 1. The number of anilines is 2. The predicted octanol–water partition coefficient (Wildman–Crippen LogP) is 2.77. The second kappa shape index (κ2) is 8.58. The monoisotopic (exact) mass is 435 g/mol. The van der Waals surface area contributed by atoms with Gasteiger partial charge in [-0.15, -0.1) is 0 Å². The number of piperidine rings is 1. The summed E-state index contributed by atoms with van der Waals surface area (Å²) in [6.45, 7) is 6.21. The number of morpholine rings is 1. The Labute approximate surface area is 168 Å². The lowest BCUT2D eigenvalue weighted by molar-refractivity contribution is 0.122. The van der Waals surface area contributed by atoms with Crippen LogP contribution in [-0.4, -0.2) is 67.4 Å². The third kappa shape index (κ3) is 4.62. The molecule has 0 aromatic carbocycles. The average Bonchev–Trinajstić information content (AvgIpc) is 3.13. The Balaban J connectivity index is 1.41. The summed E-state index contributed by atoms with van der Waals surface area (Å²) in [5.41, 5.74) is 0. The van der Waals surface area contributed by atoms with E-state index in [1.807, 2.05) is 24.4 Å². The van der Waals surface area contributed by atoms with E-state index in [2.05, 4.69) is 42.7 Å². The van der Waals surface area contributed by atoms with Gasteiger partial charge in [0, 0.05) is 38.9 Å². The molecule has 8 heteroatoms. The van der Waals surface area contributed by atoms with Crippen molar-refractivity contribution in [2.45, 2.75) is 25.4 Å². The smallest absolute Gasteiger partial charge is 0.227 e. The van der Waals surface area contributed by atoms with Crippen molar-refractivity contribution >= 4 is 27.7 Å². The van der Waals surface area contributed by atoms with Gasteiger partial charge < -0.3 is 19.0 Å². The molecule has 2 aliphatic heterocycles. The van der Waals surface area contributed by atoms with Crippen molar-refractivity contribution in [3.63, 3.8) is 0 Å². The third-order valence-corrected chi connectivity index (χ3v) is 5.74. The van der Waals surface area contributed by atoms with E-state index in [1.165, 1.54) is 6.42 Å². The highest BCUT2D eigenvalue weighted by Gasteiger charge is 2.26. The summed E-state index contributed by atoms with van der Waals surface area (Å²) in [6, 6.07) is 6.38. The van der Waals surface area contributed by atoms with Crippen LogP contribution in [0.4, 0.5) is 11.8 Å². The molecule has 4 rings (SSSR count). The molecular weight excluding hydrogens is 410 g/mol. The van der Waals surface area contributed by atoms with E-state index in [9.17, 15) is 0 Å². The minimum Gasteiger partial charge on any atom is -0.453 e. The van der Waals surface area contributed by atoms with Crippen molar-refractivity contribution in [2.75, 3.05) is 56.2 Å². The number of ether oxygens (including phenoxy) is 1. The van der Waals surface area contributed by atoms with Crippen molar-refractivity contribution in [3.05, 3.63) is 34.8 Å². The van der Waals surface area contributed by atoms with Gasteiger partial charge in [-0.05, 0) is 53.5 Å². The summed E-state index contributed by atoms with van der Waals surface area (Å²) in [4.78, 5) is 16.3. The lowest BCUT2D eigenvalue weighted by Gasteiger charge is -2.37. The summed E-state index contributed by atoms with van der Waals surface area (Å²) in [6.07, 6.45) is 4.19. The number of aromatic nitrogens is 2. The molecule has 2 fully saturated rings. The van der Waals surface area contributed by atoms with E-state index >= 15 is 0 Å². The quantitative estimate of drug-likeness (QED) is 0.715. The molecule has 2 aromatic heterocycles. The van der Waals surface area contributed by atoms with E-state index in [0.29, 0.717) is 6.04 Å². The number of rotatable bonds is 5. The van der Waals surface area contributed by atoms with Gasteiger partial charge in [0.15, 0.2) is 4.67 Å². The standard InChI is InChI=1S/C19H26BrN5O2/c1-23(19-21-7-6-18(22-19)25-9-11-26-12-10-25)15-3-2-8-24(13-15)14-16-4-5-17(20)27-16/h4-7,15H,2-3,8-14H2,1H3. The van der Waals surface area contributed by atoms with Crippen LogP contribution >= 0.6 is 15.9 Å². The summed E-state index contributed by atoms with van der Waals surface area (Å²) < 4.78 is 11.9. The van der Waals surface area contributed by atoms with E-state index in [0.717, 1.165) is 74.6 Å². The first-order valence-electron chi connectivity index (χ1n) is 9.54. The summed E-state index contributed by atoms with van der Waals surface area (Å²) >= 11 is 3.38. The van der Waals surface area contributed by atoms with Crippen molar-refractivity contribution in [3.8, 4) is 0 Å². The van der Waals surface area contributed by atoms with Crippen LogP contribution in [0.1, 0.15) is 18.6 Å². The lowest BCUT2D eigenvalue weighted by atomic mass is 10.0. The van der Waals surface area contributed by atoms with Gasteiger partial charge in [-0.3, -0.25) is 4.90 Å². The van der Waals surface area contributed by atoms with E-state index in [4.69, 9.17) is 14.1 Å². The van der Waals surface area contributed by atoms with Crippen LogP contribution in [-0.2, 0) is 11.3 Å². The zero-order chi connectivity index (χ0) is 18.6. The van der Waals surface area contributed by atoms with Gasteiger partial charge in [-0.2, -0.15) is 4.98 Å². The Morgan fingerprint density at radius 3 is 2.85 bits per heavy atom. The second-order valence-electron chi connectivity index (χ2n) is 7.16. The van der Waals surface area contributed by atoms with Crippen LogP contribution in [0.3, 0.4) is 0 Å². The predicted molar refractivity (Wildman–Crippen MR) is 108 cm³/mol. The van der Waals surface area contributed by atoms with Gasteiger partial charge in [-0.1, -0.05) is 0 Å². The maximum Gasteiger partial charge on any atom is 0.227 e. The molecule has 0 radical (unpaired) electrons. The van der Waals surface area contributed by atoms with Crippen molar-refractivity contribution < 1.29 is 9.15 Å². The molecule has 0 spiro atoms. The Kier molecular flexibility index (Phi) is 5.95. The minimum atomic E-state index is 0.400. The summed E-state index contributed by atoms with van der Waals surface area (Å²) in [7, 11) is 2.11. The molecule has 0 bridgehead atoms. The third-order valence-electron chi connectivity index (χ3n) is 5.32. The first-order chi connectivity index (χ1) is 13.2. The van der Waals surface area contributed by atoms with E-state index in [-0.39, 0.29) is 0 Å². The van der Waals surface area contributed by atoms with Crippen LogP contribution in [0.15, 0.2) is 33.5 Å². The van der Waals surface area contributed by atoms with Crippen molar-refractivity contribution in [1.82, 2.24) is 14.9 Å². The van der Waals surface area contributed by atoms with Gasteiger partial charge in [0.25, 0.3) is 0 Å². The first-order valence-corrected chi connectivity index (χ1v) is 10.3. The van der Waals surface area contributed by atoms with Gasteiger partial charge in [-0.25, -0.2) is 4.98 Å². The molecule has 1 unspecified atom stereocenters. The highest BCUT2D eigenvalue weighted by atomic mass is 79.9. The maximum absolute atomic E-state index is 5.67. The molecule has 0 aliphatic carbocycles. The topological polar surface area (TPSA) is 57.9 Å². The molecule has 0 N–H and O–H groups in total. The largest absolute Gasteiger partial charge is 0.453 e. The number of furan rings is 1. The highest BCUT2D eigenvalue weighted by Crippen LogP contribution is 2.23. The first kappa shape index (κ1) is 18.7. The Hall–Kier alpha value is -1.64. The Bertz CT molecular complexity index is 749. The molecule has 2 aromatic rings. The fourth-order valence-corrected chi connectivity index (χ4v) is 4.13. The van der Waals surface area contributed by atoms with Gasteiger partial charge in [0.2, 0.25) is 5.95 Å². The molecule has 4 heterocycles. The number of likely N-dealkylation sites (tertiary alicyclic amines) is 1. The lowest BCUT2D eigenvalue weighted by Crippen LogP contribution is -2.47. The number of hydrogen-bond acceptors (Lipinski definition) is 7. The van der Waals surface area contributed by atoms with Crippen LogP contribution in [0.25, 0.3) is 0 Å². The molecule has 0 amide bonds. The highest BCUT2D eigenvalue weighted by molar-refractivity contribution is 9.10. The second-order valence-corrected chi connectivity index (χ2v) is 7.94. The van der Waals surface area contributed by atoms with Crippen LogP contribution in [0.5, 0.6) is 0 Å². The molecule has 27 heavy (non-hydrogen) atoms. The van der Waals surface area contributed by atoms with Crippen LogP contribution in [0.2, 0.25) is 0 Å². The van der Waals surface area contributed by atoms with Gasteiger partial charge >= 0.3 is 0 Å².